The molecular formula is C33H38O6. The second-order valence-electron chi connectivity index (χ2n) is 9.70. The van der Waals surface area contributed by atoms with Gasteiger partial charge in [0.15, 0.2) is 0 Å². The van der Waals surface area contributed by atoms with Crippen LogP contribution in [-0.2, 0) is 37.0 Å². The molecule has 3 aromatic rings. The fourth-order valence-electron chi connectivity index (χ4n) is 3.74. The Hall–Kier alpha value is -3.47. The Balaban J connectivity index is 1.78. The largest absolute Gasteiger partial charge is 0.465 e. The average Bonchev–Trinajstić information content (AvgIpc) is 2.96. The van der Waals surface area contributed by atoms with Crippen molar-refractivity contribution in [3.05, 3.63) is 108 Å². The van der Waals surface area contributed by atoms with Crippen molar-refractivity contribution in [1.82, 2.24) is 0 Å². The molecule has 0 fully saturated rings. The van der Waals surface area contributed by atoms with Crippen LogP contribution < -0.4 is 0 Å². The number of hydrogen-bond acceptors (Lipinski definition) is 6. The molecule has 0 radical (unpaired) electrons. The highest BCUT2D eigenvalue weighted by Crippen LogP contribution is 2.27. The molecule has 3 atom stereocenters. The molecule has 0 aliphatic rings. The molecule has 0 aromatic heterocycles. The third-order valence-electron chi connectivity index (χ3n) is 6.11. The van der Waals surface area contributed by atoms with Gasteiger partial charge in [-0.15, -0.1) is 0 Å². The Morgan fingerprint density at radius 2 is 1.33 bits per heavy atom. The van der Waals surface area contributed by atoms with Crippen LogP contribution in [0.15, 0.2) is 91.0 Å². The van der Waals surface area contributed by atoms with Crippen molar-refractivity contribution < 1.29 is 28.8 Å². The van der Waals surface area contributed by atoms with Crippen molar-refractivity contribution in [2.24, 2.45) is 5.41 Å². The van der Waals surface area contributed by atoms with Gasteiger partial charge in [-0.05, 0) is 44.0 Å². The topological polar surface area (TPSA) is 74.2 Å². The zero-order valence-electron chi connectivity index (χ0n) is 22.9. The summed E-state index contributed by atoms with van der Waals surface area (Å²) >= 11 is 0. The molecule has 0 saturated heterocycles. The Morgan fingerprint density at radius 3 is 1.87 bits per heavy atom. The van der Waals surface area contributed by atoms with E-state index in [9.17, 15) is 9.90 Å². The lowest BCUT2D eigenvalue weighted by Gasteiger charge is -2.33. The number of esters is 1. The number of hydrogen-bond donors (Lipinski definition) is 1. The minimum Gasteiger partial charge on any atom is -0.465 e. The normalized spacial score (nSPS) is 13.5. The quantitative estimate of drug-likeness (QED) is 0.229. The second-order valence-corrected chi connectivity index (χ2v) is 9.70. The molecule has 0 amide bonds. The van der Waals surface area contributed by atoms with E-state index in [0.29, 0.717) is 13.2 Å². The van der Waals surface area contributed by atoms with E-state index in [4.69, 9.17) is 18.9 Å². The third kappa shape index (κ3) is 9.97. The summed E-state index contributed by atoms with van der Waals surface area (Å²) in [5.74, 6) is 5.78. The van der Waals surface area contributed by atoms with E-state index < -0.39 is 29.7 Å². The van der Waals surface area contributed by atoms with Crippen LogP contribution in [0.25, 0.3) is 0 Å². The molecule has 0 aliphatic carbocycles. The maximum absolute atomic E-state index is 12.9. The van der Waals surface area contributed by atoms with Gasteiger partial charge in [0.05, 0.1) is 38.4 Å². The molecule has 0 heterocycles. The first kappa shape index (κ1) is 30.1. The first-order valence-electron chi connectivity index (χ1n) is 13.2. The summed E-state index contributed by atoms with van der Waals surface area (Å²) in [6.07, 6.45) is -2.72. The minimum atomic E-state index is -1.11. The Kier molecular flexibility index (Phi) is 12.2. The van der Waals surface area contributed by atoms with E-state index in [1.165, 1.54) is 0 Å². The van der Waals surface area contributed by atoms with Gasteiger partial charge in [0.2, 0.25) is 0 Å². The molecular weight excluding hydrogens is 492 g/mol. The molecule has 39 heavy (non-hydrogen) atoms. The summed E-state index contributed by atoms with van der Waals surface area (Å²) in [5, 5.41) is 11.1. The molecule has 0 saturated carbocycles. The molecule has 206 valence electrons. The number of ether oxygens (including phenoxy) is 4. The van der Waals surface area contributed by atoms with E-state index in [2.05, 4.69) is 11.8 Å². The molecule has 3 rings (SSSR count). The van der Waals surface area contributed by atoms with Crippen molar-refractivity contribution in [3.8, 4) is 11.8 Å². The lowest BCUT2D eigenvalue weighted by molar-refractivity contribution is -0.172. The van der Waals surface area contributed by atoms with E-state index in [1.54, 1.807) is 20.8 Å². The number of rotatable bonds is 14. The van der Waals surface area contributed by atoms with Crippen LogP contribution >= 0.6 is 0 Å². The fraction of sp³-hybridized carbons (Fsp3) is 0.364. The Bertz CT molecular complexity index is 1170. The minimum absolute atomic E-state index is 0.0208. The highest BCUT2D eigenvalue weighted by atomic mass is 16.6. The van der Waals surface area contributed by atoms with E-state index in [0.717, 1.165) is 16.7 Å². The number of carbonyl (C=O) groups excluding carboxylic acids is 1. The van der Waals surface area contributed by atoms with Crippen molar-refractivity contribution in [3.63, 3.8) is 0 Å². The van der Waals surface area contributed by atoms with Crippen molar-refractivity contribution >= 4 is 5.97 Å². The second kappa shape index (κ2) is 15.8. The summed E-state index contributed by atoms with van der Waals surface area (Å²) in [4.78, 5) is 12.9. The van der Waals surface area contributed by atoms with Crippen LogP contribution in [0.1, 0.15) is 37.5 Å². The first-order chi connectivity index (χ1) is 18.9. The van der Waals surface area contributed by atoms with Crippen LogP contribution in [0.2, 0.25) is 0 Å². The van der Waals surface area contributed by atoms with Crippen molar-refractivity contribution in [2.45, 2.75) is 52.3 Å². The maximum atomic E-state index is 12.9. The smallest absolute Gasteiger partial charge is 0.315 e. The fourth-order valence-corrected chi connectivity index (χ4v) is 3.74. The Labute approximate surface area is 231 Å². The molecule has 6 heteroatoms. The van der Waals surface area contributed by atoms with Crippen LogP contribution in [0.3, 0.4) is 0 Å². The van der Waals surface area contributed by atoms with Gasteiger partial charge in [-0.1, -0.05) is 90.7 Å². The van der Waals surface area contributed by atoms with Gasteiger partial charge in [-0.25, -0.2) is 0 Å². The predicted molar refractivity (Wildman–Crippen MR) is 151 cm³/mol. The standard InChI is InChI=1S/C33H38O6/c1-4-38-32(35)33(2,3)31(21-20-26-14-8-5-9-15-26)39-30(25-37-23-28-18-12-7-13-19-28)29(34)24-36-22-27-16-10-6-11-17-27/h5-19,29-31,34H,4,22-25H2,1-3H3/t29-,30+,31+/m1/s1. The Morgan fingerprint density at radius 1 is 0.821 bits per heavy atom. The summed E-state index contributed by atoms with van der Waals surface area (Å²) in [7, 11) is 0. The molecule has 3 aromatic carbocycles. The van der Waals surface area contributed by atoms with Gasteiger partial charge in [-0.2, -0.15) is 0 Å². The SMILES string of the molecule is CCOC(=O)C(C)(C)[C@H](C#Cc1ccccc1)O[C@@H](COCc1ccccc1)[C@H](O)COCc1ccccc1. The maximum Gasteiger partial charge on any atom is 0.315 e. The zero-order valence-corrected chi connectivity index (χ0v) is 22.9. The molecule has 0 unspecified atom stereocenters. The number of aliphatic hydroxyl groups excluding tert-OH is 1. The monoisotopic (exact) mass is 530 g/mol. The number of carbonyl (C=O) groups is 1. The van der Waals surface area contributed by atoms with Crippen LogP contribution in [0.4, 0.5) is 0 Å². The van der Waals surface area contributed by atoms with Gasteiger partial charge >= 0.3 is 5.97 Å². The lowest BCUT2D eigenvalue weighted by atomic mass is 9.86. The summed E-state index contributed by atoms with van der Waals surface area (Å²) in [6, 6.07) is 28.9. The van der Waals surface area contributed by atoms with Crippen molar-refractivity contribution in [1.29, 1.82) is 0 Å². The lowest BCUT2D eigenvalue weighted by Crippen LogP contribution is -2.46. The molecule has 1 N–H and O–H groups in total. The van der Waals surface area contributed by atoms with Crippen molar-refractivity contribution in [2.75, 3.05) is 19.8 Å². The summed E-state index contributed by atoms with van der Waals surface area (Å²) in [6.45, 7) is 6.25. The first-order valence-corrected chi connectivity index (χ1v) is 13.2. The molecule has 0 spiro atoms. The van der Waals surface area contributed by atoms with Gasteiger partial charge in [0.1, 0.15) is 18.3 Å². The summed E-state index contributed by atoms with van der Waals surface area (Å²) < 4.78 is 23.5. The molecule has 0 bridgehead atoms. The molecule has 6 nitrogen and oxygen atoms in total. The predicted octanol–water partition coefficient (Wildman–Crippen LogP) is 5.18. The highest BCUT2D eigenvalue weighted by Gasteiger charge is 2.41. The van der Waals surface area contributed by atoms with Crippen LogP contribution in [0, 0.1) is 17.3 Å². The van der Waals surface area contributed by atoms with Crippen LogP contribution in [-0.4, -0.2) is 49.2 Å². The highest BCUT2D eigenvalue weighted by molar-refractivity contribution is 5.77. The van der Waals surface area contributed by atoms with Gasteiger partial charge in [0, 0.05) is 5.56 Å². The average molecular weight is 531 g/mol. The van der Waals surface area contributed by atoms with Gasteiger partial charge < -0.3 is 24.1 Å². The van der Waals surface area contributed by atoms with E-state index in [-0.39, 0.29) is 19.8 Å². The number of benzene rings is 3. The van der Waals surface area contributed by atoms with Crippen LogP contribution in [0.5, 0.6) is 0 Å². The third-order valence-corrected chi connectivity index (χ3v) is 6.11. The van der Waals surface area contributed by atoms with Gasteiger partial charge in [-0.3, -0.25) is 4.79 Å². The van der Waals surface area contributed by atoms with E-state index in [1.807, 2.05) is 91.0 Å². The van der Waals surface area contributed by atoms with Gasteiger partial charge in [0.25, 0.3) is 0 Å². The van der Waals surface area contributed by atoms with E-state index >= 15 is 0 Å². The molecule has 0 aliphatic heterocycles. The number of aliphatic hydroxyl groups is 1. The zero-order chi connectivity index (χ0) is 27.9. The summed E-state index contributed by atoms with van der Waals surface area (Å²) in [5.41, 5.74) is 1.67.